The lowest BCUT2D eigenvalue weighted by Crippen LogP contribution is -2.38. The lowest BCUT2D eigenvalue weighted by Gasteiger charge is -2.22. The van der Waals surface area contributed by atoms with Crippen LogP contribution in [0.5, 0.6) is 0 Å². The minimum absolute atomic E-state index is 0.212. The van der Waals surface area contributed by atoms with Gasteiger partial charge in [-0.05, 0) is 55.4 Å². The zero-order chi connectivity index (χ0) is 13.9. The highest BCUT2D eigenvalue weighted by Gasteiger charge is 2.39. The van der Waals surface area contributed by atoms with Crippen LogP contribution < -0.4 is 5.32 Å². The largest absolute Gasteiger partial charge is 0.353 e. The molecule has 0 aromatic heterocycles. The van der Waals surface area contributed by atoms with Crippen molar-refractivity contribution < 1.29 is 4.79 Å². The molecule has 1 N–H and O–H groups in total. The first kappa shape index (κ1) is 14.3. The van der Waals surface area contributed by atoms with Gasteiger partial charge in [0.25, 0.3) is 0 Å². The number of hydrogen-bond acceptors (Lipinski definition) is 2. The van der Waals surface area contributed by atoms with Gasteiger partial charge in [0.2, 0.25) is 5.91 Å². The third kappa shape index (κ3) is 3.50. The Morgan fingerprint density at radius 3 is 2.70 bits per heavy atom. The van der Waals surface area contributed by atoms with E-state index in [1.165, 1.54) is 30.6 Å². The van der Waals surface area contributed by atoms with Gasteiger partial charge in [0.1, 0.15) is 0 Å². The van der Waals surface area contributed by atoms with Gasteiger partial charge in [-0.25, -0.2) is 0 Å². The second-order valence-electron chi connectivity index (χ2n) is 5.90. The second-order valence-corrected chi connectivity index (χ2v) is 7.51. The molecule has 0 radical (unpaired) electrons. The fourth-order valence-corrected chi connectivity index (χ4v) is 4.47. The molecule has 0 heterocycles. The molecule has 3 unspecified atom stereocenters. The van der Waals surface area contributed by atoms with Crippen LogP contribution in [0.25, 0.3) is 0 Å². The first-order valence-electron chi connectivity index (χ1n) is 7.38. The molecule has 2 aliphatic carbocycles. The lowest BCUT2D eigenvalue weighted by molar-refractivity contribution is -0.121. The fourth-order valence-electron chi connectivity index (χ4n) is 3.49. The van der Waals surface area contributed by atoms with Crippen LogP contribution in [0.15, 0.2) is 29.2 Å². The third-order valence-electron chi connectivity index (χ3n) is 4.50. The van der Waals surface area contributed by atoms with Crippen LogP contribution >= 0.6 is 23.4 Å². The zero-order valence-corrected chi connectivity index (χ0v) is 13.1. The van der Waals surface area contributed by atoms with E-state index >= 15 is 0 Å². The summed E-state index contributed by atoms with van der Waals surface area (Å²) in [7, 11) is 0. The van der Waals surface area contributed by atoms with Crippen molar-refractivity contribution in [3.05, 3.63) is 29.3 Å². The summed E-state index contributed by atoms with van der Waals surface area (Å²) < 4.78 is 0. The number of rotatable bonds is 5. The Bertz CT molecular complexity index is 476. The van der Waals surface area contributed by atoms with Crippen molar-refractivity contribution in [1.29, 1.82) is 0 Å². The molecule has 0 spiro atoms. The quantitative estimate of drug-likeness (QED) is 0.829. The van der Waals surface area contributed by atoms with Gasteiger partial charge in [-0.15, -0.1) is 11.8 Å². The van der Waals surface area contributed by atoms with E-state index in [4.69, 9.17) is 11.6 Å². The Balaban J connectivity index is 1.38. The molecule has 1 aromatic carbocycles. The Morgan fingerprint density at radius 2 is 2.05 bits per heavy atom. The number of carbonyl (C=O) groups excluding carboxylic acids is 1. The highest BCUT2D eigenvalue weighted by Crippen LogP contribution is 2.44. The van der Waals surface area contributed by atoms with Crippen LogP contribution in [-0.2, 0) is 4.79 Å². The van der Waals surface area contributed by atoms with E-state index in [0.29, 0.717) is 12.5 Å². The summed E-state index contributed by atoms with van der Waals surface area (Å²) in [6.07, 6.45) is 5.84. The van der Waals surface area contributed by atoms with E-state index in [0.717, 1.165) is 22.6 Å². The average Bonchev–Trinajstić information content (AvgIpc) is 3.03. The van der Waals surface area contributed by atoms with Crippen LogP contribution in [0.3, 0.4) is 0 Å². The molecule has 20 heavy (non-hydrogen) atoms. The summed E-state index contributed by atoms with van der Waals surface area (Å²) in [4.78, 5) is 13.1. The van der Waals surface area contributed by atoms with Gasteiger partial charge in [0.15, 0.2) is 0 Å². The summed E-state index contributed by atoms with van der Waals surface area (Å²) in [6, 6.07) is 8.24. The van der Waals surface area contributed by atoms with Gasteiger partial charge >= 0.3 is 0 Å². The molecule has 3 atom stereocenters. The number of carbonyl (C=O) groups is 1. The van der Waals surface area contributed by atoms with Crippen LogP contribution in [-0.4, -0.2) is 17.7 Å². The molecular formula is C16H20ClNOS. The molecule has 0 saturated heterocycles. The second kappa shape index (κ2) is 6.40. The predicted molar refractivity (Wildman–Crippen MR) is 84.2 cm³/mol. The standard InChI is InChI=1S/C16H20ClNOS/c17-13-3-5-14(6-4-13)20-8-7-16(19)18-15-10-11-1-2-12(15)9-11/h3-6,11-12,15H,1-2,7-10H2,(H,18,19). The normalized spacial score (nSPS) is 27.8. The molecule has 1 aromatic rings. The van der Waals surface area contributed by atoms with Crippen LogP contribution in [0, 0.1) is 11.8 Å². The molecule has 108 valence electrons. The number of benzene rings is 1. The molecule has 3 rings (SSSR count). The van der Waals surface area contributed by atoms with Gasteiger partial charge in [-0.2, -0.15) is 0 Å². The summed E-state index contributed by atoms with van der Waals surface area (Å²) in [5, 5.41) is 3.99. The van der Waals surface area contributed by atoms with Crippen molar-refractivity contribution >= 4 is 29.3 Å². The van der Waals surface area contributed by atoms with Crippen molar-refractivity contribution in [2.24, 2.45) is 11.8 Å². The van der Waals surface area contributed by atoms with Crippen molar-refractivity contribution in [3.63, 3.8) is 0 Å². The number of halogens is 1. The molecule has 2 aliphatic rings. The zero-order valence-electron chi connectivity index (χ0n) is 11.5. The average molecular weight is 310 g/mol. The molecule has 2 fully saturated rings. The number of thioether (sulfide) groups is 1. The minimum atomic E-state index is 0.212. The van der Waals surface area contributed by atoms with E-state index in [1.54, 1.807) is 11.8 Å². The summed E-state index contributed by atoms with van der Waals surface area (Å²) in [5.74, 6) is 2.68. The SMILES string of the molecule is O=C(CCSc1ccc(Cl)cc1)NC1CC2CCC1C2. The maximum absolute atomic E-state index is 12.0. The molecule has 4 heteroatoms. The van der Waals surface area contributed by atoms with Gasteiger partial charge in [-0.1, -0.05) is 18.0 Å². The molecule has 0 aliphatic heterocycles. The highest BCUT2D eigenvalue weighted by molar-refractivity contribution is 7.99. The Labute approximate surface area is 129 Å². The first-order valence-corrected chi connectivity index (χ1v) is 8.75. The molecule has 2 bridgehead atoms. The van der Waals surface area contributed by atoms with Gasteiger partial charge < -0.3 is 5.32 Å². The Hall–Kier alpha value is -0.670. The van der Waals surface area contributed by atoms with E-state index in [2.05, 4.69) is 5.32 Å². The number of hydrogen-bond donors (Lipinski definition) is 1. The summed E-state index contributed by atoms with van der Waals surface area (Å²) >= 11 is 7.56. The van der Waals surface area contributed by atoms with Crippen molar-refractivity contribution in [3.8, 4) is 0 Å². The Kier molecular flexibility index (Phi) is 4.57. The smallest absolute Gasteiger partial charge is 0.221 e. The number of fused-ring (bicyclic) bond motifs is 2. The number of nitrogens with one attached hydrogen (secondary N) is 1. The maximum atomic E-state index is 12.0. The maximum Gasteiger partial charge on any atom is 0.221 e. The van der Waals surface area contributed by atoms with E-state index in [1.807, 2.05) is 24.3 Å². The van der Waals surface area contributed by atoms with E-state index in [9.17, 15) is 4.79 Å². The topological polar surface area (TPSA) is 29.1 Å². The third-order valence-corrected chi connectivity index (χ3v) is 5.76. The summed E-state index contributed by atoms with van der Waals surface area (Å²) in [6.45, 7) is 0. The van der Waals surface area contributed by atoms with E-state index in [-0.39, 0.29) is 5.91 Å². The van der Waals surface area contributed by atoms with Crippen LogP contribution in [0.2, 0.25) is 5.02 Å². The van der Waals surface area contributed by atoms with Gasteiger partial charge in [-0.3, -0.25) is 4.79 Å². The van der Waals surface area contributed by atoms with Gasteiger partial charge in [0.05, 0.1) is 0 Å². The van der Waals surface area contributed by atoms with Crippen molar-refractivity contribution in [2.45, 2.75) is 43.0 Å². The van der Waals surface area contributed by atoms with Gasteiger partial charge in [0, 0.05) is 28.1 Å². The summed E-state index contributed by atoms with van der Waals surface area (Å²) in [5.41, 5.74) is 0. The Morgan fingerprint density at radius 1 is 1.25 bits per heavy atom. The van der Waals surface area contributed by atoms with Crippen LogP contribution in [0.1, 0.15) is 32.1 Å². The molecule has 2 nitrogen and oxygen atoms in total. The van der Waals surface area contributed by atoms with E-state index < -0.39 is 0 Å². The van der Waals surface area contributed by atoms with Crippen molar-refractivity contribution in [2.75, 3.05) is 5.75 Å². The fraction of sp³-hybridized carbons (Fsp3) is 0.562. The lowest BCUT2D eigenvalue weighted by atomic mass is 9.95. The molecular weight excluding hydrogens is 290 g/mol. The highest BCUT2D eigenvalue weighted by atomic mass is 35.5. The minimum Gasteiger partial charge on any atom is -0.353 e. The predicted octanol–water partition coefficient (Wildman–Crippen LogP) is 4.13. The molecule has 1 amide bonds. The molecule has 2 saturated carbocycles. The van der Waals surface area contributed by atoms with Crippen LogP contribution in [0.4, 0.5) is 0 Å². The number of amides is 1. The van der Waals surface area contributed by atoms with Crippen molar-refractivity contribution in [1.82, 2.24) is 5.32 Å². The monoisotopic (exact) mass is 309 g/mol. The first-order chi connectivity index (χ1) is 9.70.